The monoisotopic (exact) mass is 363 g/mol. The molecule has 27 heavy (non-hydrogen) atoms. The van der Waals surface area contributed by atoms with Crippen LogP contribution in [-0.2, 0) is 4.74 Å². The molecular formula is C21H21N3O3. The topological polar surface area (TPSA) is 73.3 Å². The van der Waals surface area contributed by atoms with Gasteiger partial charge in [-0.25, -0.2) is 4.98 Å². The van der Waals surface area contributed by atoms with Gasteiger partial charge in [0, 0.05) is 37.1 Å². The van der Waals surface area contributed by atoms with Gasteiger partial charge in [-0.3, -0.25) is 9.78 Å². The third-order valence-corrected chi connectivity index (χ3v) is 4.69. The number of rotatable bonds is 5. The van der Waals surface area contributed by atoms with E-state index in [4.69, 9.17) is 9.47 Å². The molecule has 1 fully saturated rings. The molecule has 0 radical (unpaired) electrons. The van der Waals surface area contributed by atoms with Gasteiger partial charge in [-0.15, -0.1) is 0 Å². The molecule has 1 saturated heterocycles. The number of carbonyl (C=O) groups excluding carboxylic acids is 1. The lowest BCUT2D eigenvalue weighted by atomic mass is 10.0. The molecule has 1 aliphatic heterocycles. The zero-order valence-electron chi connectivity index (χ0n) is 14.9. The van der Waals surface area contributed by atoms with Crippen LogP contribution in [0.15, 0.2) is 54.9 Å². The third kappa shape index (κ3) is 4.23. The molecule has 2 aromatic heterocycles. The Morgan fingerprint density at radius 3 is 2.78 bits per heavy atom. The number of benzene rings is 1. The minimum absolute atomic E-state index is 0.225. The number of anilines is 1. The number of aromatic nitrogens is 2. The van der Waals surface area contributed by atoms with Crippen molar-refractivity contribution in [1.82, 2.24) is 9.97 Å². The summed E-state index contributed by atoms with van der Waals surface area (Å²) in [5, 5.41) is 3.89. The molecule has 4 rings (SSSR count). The van der Waals surface area contributed by atoms with E-state index in [-0.39, 0.29) is 5.91 Å². The quantitative estimate of drug-likeness (QED) is 0.748. The van der Waals surface area contributed by atoms with Gasteiger partial charge in [0.15, 0.2) is 0 Å². The van der Waals surface area contributed by atoms with E-state index in [1.165, 1.54) is 6.20 Å². The molecule has 0 aliphatic carbocycles. The summed E-state index contributed by atoms with van der Waals surface area (Å²) in [6.45, 7) is 2.22. The SMILES string of the molecule is O=C(Nc1cccc2cccnc12)c1ccc(OCC2CCOCC2)nc1. The number of carbonyl (C=O) groups is 1. The molecule has 1 aliphatic rings. The van der Waals surface area contributed by atoms with E-state index in [1.807, 2.05) is 30.3 Å². The van der Waals surface area contributed by atoms with Crippen molar-refractivity contribution >= 4 is 22.5 Å². The van der Waals surface area contributed by atoms with Gasteiger partial charge >= 0.3 is 0 Å². The van der Waals surface area contributed by atoms with E-state index in [0.29, 0.717) is 29.7 Å². The smallest absolute Gasteiger partial charge is 0.257 e. The molecule has 1 aromatic carbocycles. The standard InChI is InChI=1S/C21H21N3O3/c25-21(24-18-5-1-3-16-4-2-10-22-20(16)18)17-6-7-19(23-13-17)27-14-15-8-11-26-12-9-15/h1-7,10,13,15H,8-9,11-12,14H2,(H,24,25). The Bertz CT molecular complexity index is 916. The summed E-state index contributed by atoms with van der Waals surface area (Å²) in [5.74, 6) is 0.809. The fourth-order valence-electron chi connectivity index (χ4n) is 3.12. The van der Waals surface area contributed by atoms with Crippen LogP contribution in [0.3, 0.4) is 0 Å². The van der Waals surface area contributed by atoms with Crippen molar-refractivity contribution < 1.29 is 14.3 Å². The van der Waals surface area contributed by atoms with Gasteiger partial charge in [-0.1, -0.05) is 18.2 Å². The molecule has 1 amide bonds. The van der Waals surface area contributed by atoms with E-state index in [9.17, 15) is 4.79 Å². The first kappa shape index (κ1) is 17.4. The Morgan fingerprint density at radius 1 is 1.11 bits per heavy atom. The van der Waals surface area contributed by atoms with Crippen molar-refractivity contribution in [3.8, 4) is 5.88 Å². The van der Waals surface area contributed by atoms with Gasteiger partial charge in [-0.2, -0.15) is 0 Å². The zero-order chi connectivity index (χ0) is 18.5. The molecule has 0 unspecified atom stereocenters. The highest BCUT2D eigenvalue weighted by Gasteiger charge is 2.15. The first-order chi connectivity index (χ1) is 13.3. The average molecular weight is 363 g/mol. The maximum absolute atomic E-state index is 12.5. The molecule has 138 valence electrons. The second-order valence-electron chi connectivity index (χ2n) is 6.59. The Labute approximate surface area is 157 Å². The van der Waals surface area contributed by atoms with E-state index in [2.05, 4.69) is 15.3 Å². The van der Waals surface area contributed by atoms with Crippen LogP contribution in [-0.4, -0.2) is 35.7 Å². The van der Waals surface area contributed by atoms with Crippen LogP contribution in [0, 0.1) is 5.92 Å². The number of para-hydroxylation sites is 1. The van der Waals surface area contributed by atoms with Crippen LogP contribution >= 0.6 is 0 Å². The number of fused-ring (bicyclic) bond motifs is 1. The van der Waals surface area contributed by atoms with Gasteiger partial charge in [0.25, 0.3) is 5.91 Å². The average Bonchev–Trinajstić information content (AvgIpc) is 2.74. The fraction of sp³-hybridized carbons (Fsp3) is 0.286. The van der Waals surface area contributed by atoms with Crippen molar-refractivity contribution in [3.63, 3.8) is 0 Å². The number of pyridine rings is 2. The predicted octanol–water partition coefficient (Wildman–Crippen LogP) is 3.69. The summed E-state index contributed by atoms with van der Waals surface area (Å²) in [6, 6.07) is 13.0. The lowest BCUT2D eigenvalue weighted by molar-refractivity contribution is 0.0490. The predicted molar refractivity (Wildman–Crippen MR) is 103 cm³/mol. The van der Waals surface area contributed by atoms with Crippen molar-refractivity contribution in [2.45, 2.75) is 12.8 Å². The highest BCUT2D eigenvalue weighted by Crippen LogP contribution is 2.22. The molecule has 0 atom stereocenters. The minimum Gasteiger partial charge on any atom is -0.477 e. The Kier molecular flexibility index (Phi) is 5.25. The largest absolute Gasteiger partial charge is 0.477 e. The molecule has 0 spiro atoms. The maximum atomic E-state index is 12.5. The van der Waals surface area contributed by atoms with Gasteiger partial charge in [0.05, 0.1) is 23.4 Å². The summed E-state index contributed by atoms with van der Waals surface area (Å²) < 4.78 is 11.1. The second-order valence-corrected chi connectivity index (χ2v) is 6.59. The van der Waals surface area contributed by atoms with Crippen molar-refractivity contribution in [1.29, 1.82) is 0 Å². The van der Waals surface area contributed by atoms with Crippen LogP contribution in [0.25, 0.3) is 10.9 Å². The summed E-state index contributed by atoms with van der Waals surface area (Å²) in [5.41, 5.74) is 1.91. The van der Waals surface area contributed by atoms with Crippen LogP contribution in [0.1, 0.15) is 23.2 Å². The number of amides is 1. The van der Waals surface area contributed by atoms with E-state index in [1.54, 1.807) is 18.3 Å². The van der Waals surface area contributed by atoms with Gasteiger partial charge in [0.1, 0.15) is 0 Å². The molecule has 0 saturated carbocycles. The van der Waals surface area contributed by atoms with E-state index < -0.39 is 0 Å². The Morgan fingerprint density at radius 2 is 1.96 bits per heavy atom. The van der Waals surface area contributed by atoms with Crippen LogP contribution in [0.4, 0.5) is 5.69 Å². The number of nitrogens with zero attached hydrogens (tertiary/aromatic N) is 2. The van der Waals surface area contributed by atoms with E-state index >= 15 is 0 Å². The van der Waals surface area contributed by atoms with Crippen LogP contribution in [0.2, 0.25) is 0 Å². The van der Waals surface area contributed by atoms with Crippen molar-refractivity contribution in [3.05, 3.63) is 60.4 Å². The summed E-state index contributed by atoms with van der Waals surface area (Å²) in [4.78, 5) is 21.2. The Balaban J connectivity index is 1.40. The molecule has 3 aromatic rings. The third-order valence-electron chi connectivity index (χ3n) is 4.69. The summed E-state index contributed by atoms with van der Waals surface area (Å²) in [6.07, 6.45) is 5.27. The molecular weight excluding hydrogens is 342 g/mol. The number of ether oxygens (including phenoxy) is 2. The first-order valence-corrected chi connectivity index (χ1v) is 9.11. The number of nitrogens with one attached hydrogen (secondary N) is 1. The maximum Gasteiger partial charge on any atom is 0.257 e. The van der Waals surface area contributed by atoms with Crippen LogP contribution < -0.4 is 10.1 Å². The fourth-order valence-corrected chi connectivity index (χ4v) is 3.12. The molecule has 0 bridgehead atoms. The number of hydrogen-bond donors (Lipinski definition) is 1. The highest BCUT2D eigenvalue weighted by molar-refractivity contribution is 6.08. The van der Waals surface area contributed by atoms with Crippen molar-refractivity contribution in [2.75, 3.05) is 25.1 Å². The van der Waals surface area contributed by atoms with Crippen molar-refractivity contribution in [2.24, 2.45) is 5.92 Å². The lowest BCUT2D eigenvalue weighted by Crippen LogP contribution is -2.21. The number of hydrogen-bond acceptors (Lipinski definition) is 5. The molecule has 6 nitrogen and oxygen atoms in total. The first-order valence-electron chi connectivity index (χ1n) is 9.11. The normalized spacial score (nSPS) is 14.8. The van der Waals surface area contributed by atoms with Gasteiger partial charge < -0.3 is 14.8 Å². The highest BCUT2D eigenvalue weighted by atomic mass is 16.5. The minimum atomic E-state index is -0.225. The molecule has 3 heterocycles. The van der Waals surface area contributed by atoms with Crippen LogP contribution in [0.5, 0.6) is 5.88 Å². The van der Waals surface area contributed by atoms with E-state index in [0.717, 1.165) is 37.0 Å². The van der Waals surface area contributed by atoms with Gasteiger partial charge in [-0.05, 0) is 37.0 Å². The summed E-state index contributed by atoms with van der Waals surface area (Å²) >= 11 is 0. The lowest BCUT2D eigenvalue weighted by Gasteiger charge is -2.21. The Hall–Kier alpha value is -2.99. The zero-order valence-corrected chi connectivity index (χ0v) is 14.9. The van der Waals surface area contributed by atoms with Gasteiger partial charge in [0.2, 0.25) is 5.88 Å². The molecule has 1 N–H and O–H groups in total. The second kappa shape index (κ2) is 8.14. The molecule has 6 heteroatoms. The summed E-state index contributed by atoms with van der Waals surface area (Å²) in [7, 11) is 0.